The van der Waals surface area contributed by atoms with Crippen molar-refractivity contribution in [3.63, 3.8) is 0 Å². The van der Waals surface area contributed by atoms with Crippen LogP contribution in [-0.4, -0.2) is 17.4 Å². The highest BCUT2D eigenvalue weighted by Crippen LogP contribution is 2.40. The molecule has 0 radical (unpaired) electrons. The quantitative estimate of drug-likeness (QED) is 0.587. The van der Waals surface area contributed by atoms with Gasteiger partial charge in [-0.2, -0.15) is 0 Å². The second-order valence-corrected chi connectivity index (χ2v) is 7.17. The Hall–Kier alpha value is -3.60. The molecule has 0 saturated heterocycles. The summed E-state index contributed by atoms with van der Waals surface area (Å²) in [5, 5.41) is 13.2. The Kier molecular flexibility index (Phi) is 5.04. The predicted molar refractivity (Wildman–Crippen MR) is 110 cm³/mol. The maximum Gasteiger partial charge on any atom is 0.334 e. The lowest BCUT2D eigenvalue weighted by molar-refractivity contribution is -0.142. The molecule has 4 rings (SSSR count). The van der Waals surface area contributed by atoms with Crippen molar-refractivity contribution < 1.29 is 19.4 Å². The molecule has 0 aromatic heterocycles. The maximum atomic E-state index is 12.2. The van der Waals surface area contributed by atoms with Crippen molar-refractivity contribution in [1.82, 2.24) is 0 Å². The third-order valence-electron chi connectivity index (χ3n) is 5.34. The van der Waals surface area contributed by atoms with E-state index in [9.17, 15) is 14.7 Å². The second-order valence-electron chi connectivity index (χ2n) is 7.17. The number of aldehydes is 1. The van der Waals surface area contributed by atoms with E-state index in [0.717, 1.165) is 35.1 Å². The molecular formula is C24H21NO4. The fraction of sp³-hybridized carbons (Fsp3) is 0.167. The van der Waals surface area contributed by atoms with E-state index in [2.05, 4.69) is 5.32 Å². The van der Waals surface area contributed by atoms with Crippen LogP contribution in [0.25, 0.3) is 0 Å². The molecule has 1 aliphatic carbocycles. The minimum atomic E-state index is -1.11. The highest BCUT2D eigenvalue weighted by atomic mass is 16.5. The zero-order chi connectivity index (χ0) is 20.3. The summed E-state index contributed by atoms with van der Waals surface area (Å²) >= 11 is 0. The number of ether oxygens (including phenoxy) is 1. The molecular weight excluding hydrogens is 366 g/mol. The maximum absolute atomic E-state index is 12.2. The standard InChI is InChI=1S/C24H21NO4/c26-15-17-5-7-18(8-6-17)16-29-21-11-9-20(10-12-21)25-24(23(27)28)14-13-19-3-1-2-4-22(19)24/h1-12,15,25H,13-14,16H2,(H,27,28). The summed E-state index contributed by atoms with van der Waals surface area (Å²) < 4.78 is 5.79. The van der Waals surface area contributed by atoms with Gasteiger partial charge in [-0.1, -0.05) is 48.5 Å². The van der Waals surface area contributed by atoms with E-state index in [1.54, 1.807) is 12.1 Å². The van der Waals surface area contributed by atoms with Crippen molar-refractivity contribution >= 4 is 17.9 Å². The van der Waals surface area contributed by atoms with E-state index >= 15 is 0 Å². The van der Waals surface area contributed by atoms with Crippen molar-refractivity contribution in [2.45, 2.75) is 25.0 Å². The van der Waals surface area contributed by atoms with Crippen LogP contribution in [0.1, 0.15) is 33.5 Å². The van der Waals surface area contributed by atoms with Crippen LogP contribution < -0.4 is 10.1 Å². The van der Waals surface area contributed by atoms with Gasteiger partial charge in [-0.05, 0) is 53.8 Å². The van der Waals surface area contributed by atoms with Crippen LogP contribution in [-0.2, 0) is 23.4 Å². The van der Waals surface area contributed by atoms with Crippen LogP contribution in [0, 0.1) is 0 Å². The number of aryl methyl sites for hydroxylation is 1. The SMILES string of the molecule is O=Cc1ccc(COc2ccc(NC3(C(=O)O)CCc4ccccc43)cc2)cc1. The summed E-state index contributed by atoms with van der Waals surface area (Å²) in [6.45, 7) is 0.387. The number of rotatable bonds is 7. The summed E-state index contributed by atoms with van der Waals surface area (Å²) in [7, 11) is 0. The van der Waals surface area contributed by atoms with E-state index in [4.69, 9.17) is 4.74 Å². The van der Waals surface area contributed by atoms with Crippen LogP contribution in [0.2, 0.25) is 0 Å². The van der Waals surface area contributed by atoms with E-state index in [-0.39, 0.29) is 0 Å². The third-order valence-corrected chi connectivity index (χ3v) is 5.34. The van der Waals surface area contributed by atoms with Gasteiger partial charge in [0.1, 0.15) is 18.6 Å². The number of carbonyl (C=O) groups is 2. The van der Waals surface area contributed by atoms with Crippen molar-refractivity contribution in [2.24, 2.45) is 0 Å². The molecule has 146 valence electrons. The number of anilines is 1. The molecule has 3 aromatic rings. The van der Waals surface area contributed by atoms with Gasteiger partial charge in [0.25, 0.3) is 0 Å². The number of hydrogen-bond donors (Lipinski definition) is 2. The Morgan fingerprint density at radius 2 is 1.76 bits per heavy atom. The van der Waals surface area contributed by atoms with Crippen LogP contribution in [0.4, 0.5) is 5.69 Å². The summed E-state index contributed by atoms with van der Waals surface area (Å²) in [6, 6.07) is 22.2. The average Bonchev–Trinajstić information content (AvgIpc) is 3.13. The summed E-state index contributed by atoms with van der Waals surface area (Å²) in [4.78, 5) is 22.9. The van der Waals surface area contributed by atoms with Crippen LogP contribution >= 0.6 is 0 Å². The number of nitrogens with one attached hydrogen (secondary N) is 1. The van der Waals surface area contributed by atoms with Gasteiger partial charge in [0.2, 0.25) is 0 Å². The second kappa shape index (κ2) is 7.80. The van der Waals surface area contributed by atoms with Gasteiger partial charge in [-0.3, -0.25) is 4.79 Å². The molecule has 5 nitrogen and oxygen atoms in total. The van der Waals surface area contributed by atoms with Crippen molar-refractivity contribution in [1.29, 1.82) is 0 Å². The van der Waals surface area contributed by atoms with Crippen molar-refractivity contribution in [3.05, 3.63) is 95.1 Å². The minimum absolute atomic E-state index is 0.387. The highest BCUT2D eigenvalue weighted by Gasteiger charge is 2.45. The molecule has 0 spiro atoms. The monoisotopic (exact) mass is 387 g/mol. The molecule has 1 aliphatic rings. The Labute approximate surface area is 169 Å². The average molecular weight is 387 g/mol. The molecule has 0 bridgehead atoms. The zero-order valence-electron chi connectivity index (χ0n) is 15.8. The van der Waals surface area contributed by atoms with Gasteiger partial charge in [-0.25, -0.2) is 4.79 Å². The van der Waals surface area contributed by atoms with Crippen LogP contribution in [0.15, 0.2) is 72.8 Å². The lowest BCUT2D eigenvalue weighted by Crippen LogP contribution is -2.41. The lowest BCUT2D eigenvalue weighted by atomic mass is 9.91. The number of fused-ring (bicyclic) bond motifs is 1. The van der Waals surface area contributed by atoms with Crippen LogP contribution in [0.5, 0.6) is 5.75 Å². The van der Waals surface area contributed by atoms with Gasteiger partial charge in [0.05, 0.1) is 0 Å². The fourth-order valence-corrected chi connectivity index (χ4v) is 3.76. The smallest absolute Gasteiger partial charge is 0.334 e. The Bertz CT molecular complexity index is 1030. The normalized spacial score (nSPS) is 17.4. The first-order valence-electron chi connectivity index (χ1n) is 9.48. The van der Waals surface area contributed by atoms with Gasteiger partial charge in [-0.15, -0.1) is 0 Å². The summed E-state index contributed by atoms with van der Waals surface area (Å²) in [5.74, 6) is -0.187. The third kappa shape index (κ3) is 3.72. The van der Waals surface area contributed by atoms with E-state index in [0.29, 0.717) is 24.3 Å². The molecule has 0 amide bonds. The minimum Gasteiger partial charge on any atom is -0.489 e. The van der Waals surface area contributed by atoms with Crippen molar-refractivity contribution in [3.8, 4) is 5.75 Å². The molecule has 1 atom stereocenters. The first-order chi connectivity index (χ1) is 14.1. The number of carboxylic acids is 1. The van der Waals surface area contributed by atoms with Gasteiger partial charge in [0.15, 0.2) is 5.54 Å². The topological polar surface area (TPSA) is 75.6 Å². The Balaban J connectivity index is 1.46. The van der Waals surface area contributed by atoms with E-state index in [1.807, 2.05) is 60.7 Å². The molecule has 0 fully saturated rings. The predicted octanol–water partition coefficient (Wildman–Crippen LogP) is 4.42. The van der Waals surface area contributed by atoms with E-state index in [1.165, 1.54) is 0 Å². The molecule has 2 N–H and O–H groups in total. The molecule has 3 aromatic carbocycles. The van der Waals surface area contributed by atoms with Gasteiger partial charge < -0.3 is 15.2 Å². The van der Waals surface area contributed by atoms with Crippen molar-refractivity contribution in [2.75, 3.05) is 5.32 Å². The fourth-order valence-electron chi connectivity index (χ4n) is 3.76. The molecule has 29 heavy (non-hydrogen) atoms. The number of carboxylic acid groups (broad SMARTS) is 1. The van der Waals surface area contributed by atoms with Gasteiger partial charge in [0, 0.05) is 11.3 Å². The number of carbonyl (C=O) groups excluding carboxylic acids is 1. The molecule has 5 heteroatoms. The first kappa shape index (κ1) is 18.7. The lowest BCUT2D eigenvalue weighted by Gasteiger charge is -2.28. The zero-order valence-corrected chi connectivity index (χ0v) is 15.8. The largest absolute Gasteiger partial charge is 0.489 e. The molecule has 0 aliphatic heterocycles. The van der Waals surface area contributed by atoms with Crippen LogP contribution in [0.3, 0.4) is 0 Å². The Morgan fingerprint density at radius 3 is 2.45 bits per heavy atom. The molecule has 0 heterocycles. The number of aliphatic carboxylic acids is 1. The van der Waals surface area contributed by atoms with E-state index < -0.39 is 11.5 Å². The molecule has 0 saturated carbocycles. The first-order valence-corrected chi connectivity index (χ1v) is 9.48. The Morgan fingerprint density at radius 1 is 1.03 bits per heavy atom. The molecule has 1 unspecified atom stereocenters. The highest BCUT2D eigenvalue weighted by molar-refractivity contribution is 5.86. The number of hydrogen-bond acceptors (Lipinski definition) is 4. The summed E-state index contributed by atoms with van der Waals surface area (Å²) in [6.07, 6.45) is 2.05. The summed E-state index contributed by atoms with van der Waals surface area (Å²) in [5.41, 5.74) is 3.11. The number of benzene rings is 3. The van der Waals surface area contributed by atoms with Gasteiger partial charge >= 0.3 is 5.97 Å².